The fraction of sp³-hybridized carbons (Fsp3) is 0.438. The molecule has 1 saturated carbocycles. The number of aliphatic hydroxyl groups excluding tert-OH is 1. The van der Waals surface area contributed by atoms with Gasteiger partial charge in [-0.3, -0.25) is 4.79 Å². The highest BCUT2D eigenvalue weighted by molar-refractivity contribution is 9.10. The van der Waals surface area contributed by atoms with Gasteiger partial charge in [-0.1, -0.05) is 47.0 Å². The van der Waals surface area contributed by atoms with Crippen molar-refractivity contribution in [3.8, 4) is 0 Å². The van der Waals surface area contributed by atoms with Gasteiger partial charge in [0, 0.05) is 29.1 Å². The lowest BCUT2D eigenvalue weighted by Gasteiger charge is -2.30. The monoisotopic (exact) mass is 337 g/mol. The lowest BCUT2D eigenvalue weighted by atomic mass is 9.85. The topological polar surface area (TPSA) is 49.3 Å². The standard InChI is InChI=1S/C16H20BrNO2/c17-14-7-3-1-5-12(14)9-10-16(20)18-15-8-4-2-6-13(15)11-19/h1,3,5,7,9-10,13,15,19H,2,4,6,8,11H2,(H,18,20)/b10-9+. The lowest BCUT2D eigenvalue weighted by Crippen LogP contribution is -2.42. The van der Waals surface area contributed by atoms with Gasteiger partial charge in [-0.25, -0.2) is 0 Å². The first-order valence-corrected chi connectivity index (χ1v) is 7.84. The Labute approximate surface area is 128 Å². The van der Waals surface area contributed by atoms with Crippen LogP contribution < -0.4 is 5.32 Å². The molecule has 0 spiro atoms. The fourth-order valence-corrected chi connectivity index (χ4v) is 3.04. The summed E-state index contributed by atoms with van der Waals surface area (Å²) in [5.41, 5.74) is 0.977. The van der Waals surface area contributed by atoms with Gasteiger partial charge in [-0.15, -0.1) is 0 Å². The summed E-state index contributed by atoms with van der Waals surface area (Å²) in [5.74, 6) is 0.107. The summed E-state index contributed by atoms with van der Waals surface area (Å²) in [7, 11) is 0. The van der Waals surface area contributed by atoms with Crippen molar-refractivity contribution in [2.24, 2.45) is 5.92 Å². The highest BCUT2D eigenvalue weighted by Crippen LogP contribution is 2.24. The number of nitrogens with one attached hydrogen (secondary N) is 1. The molecule has 1 aromatic carbocycles. The molecule has 2 atom stereocenters. The minimum atomic E-state index is -0.0916. The number of aliphatic hydroxyl groups is 1. The Bertz CT molecular complexity index is 487. The smallest absolute Gasteiger partial charge is 0.244 e. The van der Waals surface area contributed by atoms with Crippen LogP contribution in [0.4, 0.5) is 0 Å². The number of carbonyl (C=O) groups is 1. The number of amides is 1. The lowest BCUT2D eigenvalue weighted by molar-refractivity contribution is -0.117. The zero-order valence-electron chi connectivity index (χ0n) is 11.4. The Morgan fingerprint density at radius 1 is 1.35 bits per heavy atom. The Morgan fingerprint density at radius 3 is 2.85 bits per heavy atom. The normalized spacial score (nSPS) is 22.9. The number of rotatable bonds is 4. The van der Waals surface area contributed by atoms with Crippen molar-refractivity contribution in [2.75, 3.05) is 6.61 Å². The first-order chi connectivity index (χ1) is 9.70. The molecule has 3 nitrogen and oxygen atoms in total. The van der Waals surface area contributed by atoms with E-state index in [2.05, 4.69) is 21.2 Å². The van der Waals surface area contributed by atoms with Gasteiger partial charge in [0.25, 0.3) is 0 Å². The van der Waals surface area contributed by atoms with Crippen molar-refractivity contribution in [1.82, 2.24) is 5.32 Å². The van der Waals surface area contributed by atoms with Gasteiger partial charge in [0.05, 0.1) is 0 Å². The molecule has 1 aliphatic rings. The van der Waals surface area contributed by atoms with Crippen LogP contribution >= 0.6 is 15.9 Å². The Kier molecular flexibility index (Phi) is 5.80. The molecule has 1 aliphatic carbocycles. The van der Waals surface area contributed by atoms with Crippen molar-refractivity contribution in [3.63, 3.8) is 0 Å². The fourth-order valence-electron chi connectivity index (χ4n) is 2.62. The number of halogens is 1. The van der Waals surface area contributed by atoms with Gasteiger partial charge < -0.3 is 10.4 Å². The second-order valence-corrected chi connectivity index (χ2v) is 6.05. The third-order valence-electron chi connectivity index (χ3n) is 3.79. The molecule has 2 unspecified atom stereocenters. The van der Waals surface area contributed by atoms with Crippen molar-refractivity contribution >= 4 is 27.9 Å². The highest BCUT2D eigenvalue weighted by atomic mass is 79.9. The number of hydrogen-bond donors (Lipinski definition) is 2. The maximum atomic E-state index is 12.0. The van der Waals surface area contributed by atoms with E-state index < -0.39 is 0 Å². The molecule has 0 radical (unpaired) electrons. The predicted molar refractivity (Wildman–Crippen MR) is 84.2 cm³/mol. The average Bonchev–Trinajstić information content (AvgIpc) is 2.47. The molecular formula is C16H20BrNO2. The third kappa shape index (κ3) is 4.18. The largest absolute Gasteiger partial charge is 0.396 e. The molecule has 0 bridgehead atoms. The highest BCUT2D eigenvalue weighted by Gasteiger charge is 2.25. The van der Waals surface area contributed by atoms with E-state index >= 15 is 0 Å². The minimum Gasteiger partial charge on any atom is -0.396 e. The van der Waals surface area contributed by atoms with Crippen molar-refractivity contribution in [3.05, 3.63) is 40.4 Å². The summed E-state index contributed by atoms with van der Waals surface area (Å²) in [6, 6.07) is 7.87. The van der Waals surface area contributed by atoms with Gasteiger partial charge in [-0.05, 0) is 30.5 Å². The molecule has 0 saturated heterocycles. The average molecular weight is 338 g/mol. The summed E-state index contributed by atoms with van der Waals surface area (Å²) in [4.78, 5) is 12.0. The summed E-state index contributed by atoms with van der Waals surface area (Å²) >= 11 is 3.45. The van der Waals surface area contributed by atoms with Crippen molar-refractivity contribution in [2.45, 2.75) is 31.7 Å². The Morgan fingerprint density at radius 2 is 2.10 bits per heavy atom. The van der Waals surface area contributed by atoms with Crippen LogP contribution in [0.15, 0.2) is 34.8 Å². The van der Waals surface area contributed by atoms with E-state index in [1.165, 1.54) is 0 Å². The first kappa shape index (κ1) is 15.3. The molecule has 0 heterocycles. The van der Waals surface area contributed by atoms with Gasteiger partial charge in [-0.2, -0.15) is 0 Å². The van der Waals surface area contributed by atoms with Crippen LogP contribution in [0.2, 0.25) is 0 Å². The van der Waals surface area contributed by atoms with E-state index in [4.69, 9.17) is 0 Å². The van der Waals surface area contributed by atoms with Crippen LogP contribution in [0.3, 0.4) is 0 Å². The zero-order valence-corrected chi connectivity index (χ0v) is 13.0. The predicted octanol–water partition coefficient (Wildman–Crippen LogP) is 3.13. The van der Waals surface area contributed by atoms with Gasteiger partial charge in [0.1, 0.15) is 0 Å². The number of carbonyl (C=O) groups excluding carboxylic acids is 1. The summed E-state index contributed by atoms with van der Waals surface area (Å²) in [6.07, 6.45) is 7.58. The van der Waals surface area contributed by atoms with Crippen molar-refractivity contribution < 1.29 is 9.90 Å². The molecule has 1 amide bonds. The number of benzene rings is 1. The molecule has 0 aliphatic heterocycles. The van der Waals surface area contributed by atoms with E-state index in [0.717, 1.165) is 35.7 Å². The molecule has 4 heteroatoms. The number of hydrogen-bond acceptors (Lipinski definition) is 2. The van der Waals surface area contributed by atoms with Crippen LogP contribution in [0.5, 0.6) is 0 Å². The molecule has 1 fully saturated rings. The maximum absolute atomic E-state index is 12.0. The molecule has 20 heavy (non-hydrogen) atoms. The minimum absolute atomic E-state index is 0.0916. The van der Waals surface area contributed by atoms with Crippen LogP contribution in [-0.4, -0.2) is 23.7 Å². The van der Waals surface area contributed by atoms with Crippen LogP contribution in [-0.2, 0) is 4.79 Å². The summed E-state index contributed by atoms with van der Waals surface area (Å²) in [6.45, 7) is 0.152. The van der Waals surface area contributed by atoms with E-state index in [-0.39, 0.29) is 24.5 Å². The zero-order chi connectivity index (χ0) is 14.4. The molecule has 2 N–H and O–H groups in total. The van der Waals surface area contributed by atoms with Crippen molar-refractivity contribution in [1.29, 1.82) is 0 Å². The maximum Gasteiger partial charge on any atom is 0.244 e. The quantitative estimate of drug-likeness (QED) is 0.829. The van der Waals surface area contributed by atoms with E-state index in [0.29, 0.717) is 0 Å². The van der Waals surface area contributed by atoms with E-state index in [1.807, 2.05) is 24.3 Å². The molecular weight excluding hydrogens is 318 g/mol. The molecule has 2 rings (SSSR count). The Hall–Kier alpha value is -1.13. The molecule has 1 aromatic rings. The summed E-state index contributed by atoms with van der Waals surface area (Å²) < 4.78 is 0.968. The van der Waals surface area contributed by atoms with Gasteiger partial charge >= 0.3 is 0 Å². The van der Waals surface area contributed by atoms with Crippen LogP contribution in [0.1, 0.15) is 31.2 Å². The molecule has 108 valence electrons. The van der Waals surface area contributed by atoms with Crippen LogP contribution in [0.25, 0.3) is 6.08 Å². The second kappa shape index (κ2) is 7.60. The SMILES string of the molecule is O=C(/C=C/c1ccccc1Br)NC1CCCCC1CO. The summed E-state index contributed by atoms with van der Waals surface area (Å²) in [5, 5.41) is 12.4. The van der Waals surface area contributed by atoms with Gasteiger partial charge in [0.2, 0.25) is 5.91 Å². The van der Waals surface area contributed by atoms with Gasteiger partial charge in [0.15, 0.2) is 0 Å². The molecule has 0 aromatic heterocycles. The second-order valence-electron chi connectivity index (χ2n) is 5.20. The Balaban J connectivity index is 1.93. The first-order valence-electron chi connectivity index (χ1n) is 7.04. The van der Waals surface area contributed by atoms with E-state index in [9.17, 15) is 9.90 Å². The van der Waals surface area contributed by atoms with E-state index in [1.54, 1.807) is 12.2 Å². The third-order valence-corrected chi connectivity index (χ3v) is 4.51. The van der Waals surface area contributed by atoms with Crippen LogP contribution in [0, 0.1) is 5.92 Å².